The van der Waals surface area contributed by atoms with Crippen molar-refractivity contribution in [2.24, 2.45) is 10.4 Å². The van der Waals surface area contributed by atoms with Crippen LogP contribution in [0, 0.1) is 5.41 Å². The van der Waals surface area contributed by atoms with Crippen molar-refractivity contribution in [1.29, 1.82) is 0 Å². The molecule has 1 aliphatic heterocycles. The summed E-state index contributed by atoms with van der Waals surface area (Å²) < 4.78 is 11.7. The van der Waals surface area contributed by atoms with E-state index < -0.39 is 0 Å². The second kappa shape index (κ2) is 10.5. The predicted molar refractivity (Wildman–Crippen MR) is 104 cm³/mol. The highest BCUT2D eigenvalue weighted by Gasteiger charge is 2.34. The molecule has 1 atom stereocenters. The Labute approximate surface area is 162 Å². The van der Waals surface area contributed by atoms with Crippen LogP contribution in [-0.4, -0.2) is 51.0 Å². The van der Waals surface area contributed by atoms with Gasteiger partial charge >= 0.3 is 0 Å². The molecule has 6 nitrogen and oxygen atoms in total. The van der Waals surface area contributed by atoms with Crippen LogP contribution in [0.2, 0.25) is 0 Å². The zero-order valence-corrected chi connectivity index (χ0v) is 17.2. The minimum absolute atomic E-state index is 0. The van der Waals surface area contributed by atoms with Crippen LogP contribution >= 0.6 is 39.9 Å². The molecule has 1 aromatic rings. The van der Waals surface area contributed by atoms with E-state index in [1.807, 2.05) is 12.1 Å². The van der Waals surface area contributed by atoms with Crippen molar-refractivity contribution < 1.29 is 14.3 Å². The smallest absolute Gasteiger partial charge is 0.191 e. The average molecular weight is 502 g/mol. The van der Waals surface area contributed by atoms with E-state index in [2.05, 4.69) is 31.6 Å². The minimum atomic E-state index is 0. The second-order valence-electron chi connectivity index (χ2n) is 5.58. The molecule has 132 valence electrons. The van der Waals surface area contributed by atoms with Crippen molar-refractivity contribution in [2.75, 3.05) is 40.0 Å². The van der Waals surface area contributed by atoms with Gasteiger partial charge in [-0.3, -0.25) is 4.99 Å². The maximum Gasteiger partial charge on any atom is 0.191 e. The molecule has 23 heavy (non-hydrogen) atoms. The van der Waals surface area contributed by atoms with Crippen molar-refractivity contribution in [3.63, 3.8) is 0 Å². The first-order valence-electron chi connectivity index (χ1n) is 7.55. The van der Waals surface area contributed by atoms with Crippen LogP contribution in [0.25, 0.3) is 0 Å². The van der Waals surface area contributed by atoms with E-state index >= 15 is 0 Å². The van der Waals surface area contributed by atoms with Crippen LogP contribution in [0.1, 0.15) is 18.6 Å². The lowest BCUT2D eigenvalue weighted by atomic mass is 9.84. The zero-order chi connectivity index (χ0) is 15.8. The number of ether oxygens (including phenoxy) is 1. The Morgan fingerprint density at radius 2 is 2.26 bits per heavy atom. The third-order valence-corrected chi connectivity index (χ3v) is 4.40. The molecule has 0 bridgehead atoms. The van der Waals surface area contributed by atoms with Gasteiger partial charge < -0.3 is 24.9 Å². The summed E-state index contributed by atoms with van der Waals surface area (Å²) in [5.41, 5.74) is 0.0121. The number of hydrogen-bond donors (Lipinski definition) is 3. The molecule has 0 spiro atoms. The molecule has 0 saturated carbocycles. The molecule has 1 aromatic heterocycles. The van der Waals surface area contributed by atoms with Crippen LogP contribution in [0.3, 0.4) is 0 Å². The first-order chi connectivity index (χ1) is 10.7. The van der Waals surface area contributed by atoms with Gasteiger partial charge in [0.15, 0.2) is 10.6 Å². The lowest BCUT2D eigenvalue weighted by molar-refractivity contribution is 0.127. The fraction of sp³-hybridized carbons (Fsp3) is 0.667. The monoisotopic (exact) mass is 501 g/mol. The van der Waals surface area contributed by atoms with Gasteiger partial charge in [-0.25, -0.2) is 0 Å². The van der Waals surface area contributed by atoms with Crippen molar-refractivity contribution in [1.82, 2.24) is 10.6 Å². The number of furan rings is 1. The Morgan fingerprint density at radius 3 is 2.83 bits per heavy atom. The first kappa shape index (κ1) is 20.7. The van der Waals surface area contributed by atoms with Crippen molar-refractivity contribution >= 4 is 45.9 Å². The Kier molecular flexibility index (Phi) is 9.48. The lowest BCUT2D eigenvalue weighted by Crippen LogP contribution is -2.45. The number of hydrogen-bond acceptors (Lipinski definition) is 4. The maximum atomic E-state index is 9.24. The Hall–Kier alpha value is -0.320. The number of nitrogens with one attached hydrogen (secondary N) is 2. The number of halogens is 2. The quantitative estimate of drug-likeness (QED) is 0.303. The number of guanidine groups is 1. The lowest BCUT2D eigenvalue weighted by Gasteiger charge is -2.27. The highest BCUT2D eigenvalue weighted by Crippen LogP contribution is 2.31. The molecular weight excluding hydrogens is 477 g/mol. The summed E-state index contributed by atoms with van der Waals surface area (Å²) in [6, 6.07) is 3.84. The van der Waals surface area contributed by atoms with Crippen LogP contribution in [0.5, 0.6) is 0 Å². The van der Waals surface area contributed by atoms with Gasteiger partial charge in [0.25, 0.3) is 0 Å². The topological polar surface area (TPSA) is 79.0 Å². The van der Waals surface area contributed by atoms with E-state index in [0.717, 1.165) is 55.3 Å². The number of rotatable bonds is 7. The fourth-order valence-corrected chi connectivity index (χ4v) is 2.93. The molecule has 2 heterocycles. The van der Waals surface area contributed by atoms with Gasteiger partial charge in [0, 0.05) is 45.2 Å². The molecule has 0 radical (unpaired) electrons. The zero-order valence-electron chi connectivity index (χ0n) is 13.3. The van der Waals surface area contributed by atoms with Gasteiger partial charge in [-0.2, -0.15) is 0 Å². The molecule has 1 fully saturated rings. The van der Waals surface area contributed by atoms with Gasteiger partial charge in [0.2, 0.25) is 0 Å². The molecule has 0 aromatic carbocycles. The van der Waals surface area contributed by atoms with Gasteiger partial charge in [-0.15, -0.1) is 24.0 Å². The largest absolute Gasteiger partial charge is 0.454 e. The number of aliphatic hydroxyl groups is 1. The molecule has 3 N–H and O–H groups in total. The van der Waals surface area contributed by atoms with Crippen LogP contribution in [-0.2, 0) is 11.2 Å². The van der Waals surface area contributed by atoms with Gasteiger partial charge in [-0.05, 0) is 40.9 Å². The first-order valence-corrected chi connectivity index (χ1v) is 8.34. The third-order valence-electron chi connectivity index (χ3n) is 3.97. The van der Waals surface area contributed by atoms with Gasteiger partial charge in [-0.1, -0.05) is 0 Å². The molecule has 2 rings (SSSR count). The van der Waals surface area contributed by atoms with E-state index in [9.17, 15) is 5.11 Å². The van der Waals surface area contributed by atoms with Gasteiger partial charge in [0.05, 0.1) is 6.61 Å². The van der Waals surface area contributed by atoms with Crippen molar-refractivity contribution in [3.8, 4) is 0 Å². The Morgan fingerprint density at radius 1 is 1.43 bits per heavy atom. The Balaban J connectivity index is 0.00000264. The fourth-order valence-electron chi connectivity index (χ4n) is 2.59. The van der Waals surface area contributed by atoms with Crippen LogP contribution < -0.4 is 10.6 Å². The van der Waals surface area contributed by atoms with E-state index in [4.69, 9.17) is 9.15 Å². The molecule has 1 aliphatic rings. The summed E-state index contributed by atoms with van der Waals surface area (Å²) in [6.07, 6.45) is 2.51. The maximum absolute atomic E-state index is 9.24. The normalized spacial score (nSPS) is 21.1. The number of nitrogens with zero attached hydrogens (tertiary/aromatic N) is 1. The highest BCUT2D eigenvalue weighted by atomic mass is 127. The number of aliphatic hydroxyl groups excluding tert-OH is 1. The highest BCUT2D eigenvalue weighted by molar-refractivity contribution is 14.0. The molecular formula is C15H25BrIN3O3. The van der Waals surface area contributed by atoms with Gasteiger partial charge in [0.1, 0.15) is 5.76 Å². The summed E-state index contributed by atoms with van der Waals surface area (Å²) in [5.74, 6) is 1.69. The molecule has 1 unspecified atom stereocenters. The third kappa shape index (κ3) is 6.60. The molecule has 1 saturated heterocycles. The molecule has 0 aliphatic carbocycles. The standard InChI is InChI=1S/C15H24BrN3O3.HI/c1-17-14(18-7-4-12-2-3-13(16)22-12)19-10-15(5-8-20)6-9-21-11-15;/h2-3,20H,4-11H2,1H3,(H2,17,18,19);1H. The van der Waals surface area contributed by atoms with E-state index in [-0.39, 0.29) is 36.0 Å². The average Bonchev–Trinajstić information content (AvgIpc) is 3.13. The Bertz CT molecular complexity index is 490. The summed E-state index contributed by atoms with van der Waals surface area (Å²) in [6.45, 7) is 3.13. The summed E-state index contributed by atoms with van der Waals surface area (Å²) in [4.78, 5) is 4.23. The van der Waals surface area contributed by atoms with Crippen LogP contribution in [0.4, 0.5) is 0 Å². The van der Waals surface area contributed by atoms with Crippen LogP contribution in [0.15, 0.2) is 26.2 Å². The summed E-state index contributed by atoms with van der Waals surface area (Å²) in [7, 11) is 1.75. The minimum Gasteiger partial charge on any atom is -0.454 e. The second-order valence-corrected chi connectivity index (χ2v) is 6.37. The SMILES string of the molecule is CN=C(NCCc1ccc(Br)o1)NCC1(CCO)CCOC1.I. The van der Waals surface area contributed by atoms with E-state index in [0.29, 0.717) is 6.61 Å². The number of aliphatic imine (C=N–C) groups is 1. The van der Waals surface area contributed by atoms with E-state index in [1.54, 1.807) is 7.05 Å². The summed E-state index contributed by atoms with van der Waals surface area (Å²) in [5, 5.41) is 15.8. The predicted octanol–water partition coefficient (Wildman–Crippen LogP) is 2.16. The molecule has 0 amide bonds. The van der Waals surface area contributed by atoms with Crippen molar-refractivity contribution in [2.45, 2.75) is 19.3 Å². The summed E-state index contributed by atoms with van der Waals surface area (Å²) >= 11 is 3.29. The molecule has 8 heteroatoms. The van der Waals surface area contributed by atoms with E-state index in [1.165, 1.54) is 0 Å². The van der Waals surface area contributed by atoms with Crippen molar-refractivity contribution in [3.05, 3.63) is 22.6 Å².